The zero-order chi connectivity index (χ0) is 18.9. The number of hydrogen-bond donors (Lipinski definition) is 2. The number of benzene rings is 1. The van der Waals surface area contributed by atoms with E-state index in [1.807, 2.05) is 18.0 Å². The van der Waals surface area contributed by atoms with E-state index in [0.29, 0.717) is 6.54 Å². The van der Waals surface area contributed by atoms with Gasteiger partial charge in [-0.2, -0.15) is 0 Å². The minimum atomic E-state index is -0.227. The molecule has 1 atom stereocenters. The molecule has 8 heteroatoms. The molecule has 1 amide bonds. The predicted molar refractivity (Wildman–Crippen MR) is 118 cm³/mol. The van der Waals surface area contributed by atoms with Crippen molar-refractivity contribution in [2.75, 3.05) is 40.3 Å². The Kier molecular flexibility index (Phi) is 10.6. The first-order chi connectivity index (χ1) is 12.5. The standard InChI is InChI=1S/C19H30FN5O.HI/c1-22-19(24(2)13-15-6-3-8-17(20)12-15)23-9-5-11-25-10-4-7-16(14-25)18(21)26;/h3,6,8,12,16H,4-5,7,9-11,13-14H2,1-2H3,(H2,21,26)(H,22,23);1H. The molecule has 1 heterocycles. The van der Waals surface area contributed by atoms with Gasteiger partial charge in [-0.1, -0.05) is 12.1 Å². The van der Waals surface area contributed by atoms with E-state index in [-0.39, 0.29) is 41.6 Å². The van der Waals surface area contributed by atoms with Gasteiger partial charge in [0, 0.05) is 33.7 Å². The maximum absolute atomic E-state index is 13.3. The number of nitrogens with two attached hydrogens (primary N) is 1. The average Bonchev–Trinajstić information content (AvgIpc) is 2.62. The number of carbonyl (C=O) groups excluding carboxylic acids is 1. The maximum Gasteiger partial charge on any atom is 0.221 e. The number of aliphatic imine (C=N–C) groups is 1. The number of likely N-dealkylation sites (tertiary alicyclic amines) is 1. The van der Waals surface area contributed by atoms with Gasteiger partial charge in [-0.05, 0) is 50.0 Å². The lowest BCUT2D eigenvalue weighted by Gasteiger charge is -2.31. The van der Waals surface area contributed by atoms with E-state index < -0.39 is 0 Å². The van der Waals surface area contributed by atoms with Gasteiger partial charge in [0.15, 0.2) is 5.96 Å². The lowest BCUT2D eigenvalue weighted by molar-refractivity contribution is -0.123. The van der Waals surface area contributed by atoms with Crippen LogP contribution in [0.15, 0.2) is 29.3 Å². The first-order valence-electron chi connectivity index (χ1n) is 9.17. The lowest BCUT2D eigenvalue weighted by atomic mass is 9.97. The number of nitrogens with zero attached hydrogens (tertiary/aromatic N) is 3. The molecule has 152 valence electrons. The van der Waals surface area contributed by atoms with Crippen molar-refractivity contribution >= 4 is 35.8 Å². The Bertz CT molecular complexity index is 628. The van der Waals surface area contributed by atoms with Crippen LogP contribution < -0.4 is 11.1 Å². The molecule has 0 radical (unpaired) electrons. The highest BCUT2D eigenvalue weighted by atomic mass is 127. The molecule has 3 N–H and O–H groups in total. The zero-order valence-electron chi connectivity index (χ0n) is 16.2. The van der Waals surface area contributed by atoms with Gasteiger partial charge >= 0.3 is 0 Å². The van der Waals surface area contributed by atoms with Crippen molar-refractivity contribution in [3.05, 3.63) is 35.6 Å². The molecule has 1 aromatic carbocycles. The Balaban J connectivity index is 0.00000364. The fourth-order valence-corrected chi connectivity index (χ4v) is 3.36. The van der Waals surface area contributed by atoms with E-state index in [0.717, 1.165) is 57.0 Å². The third kappa shape index (κ3) is 8.00. The third-order valence-corrected chi connectivity index (χ3v) is 4.72. The molecule has 1 saturated heterocycles. The van der Waals surface area contributed by atoms with Crippen LogP contribution in [0.2, 0.25) is 0 Å². The topological polar surface area (TPSA) is 74.0 Å². The molecule has 0 aromatic heterocycles. The number of carbonyl (C=O) groups is 1. The molecule has 1 aliphatic heterocycles. The molecule has 1 aliphatic rings. The number of hydrogen-bond acceptors (Lipinski definition) is 3. The highest BCUT2D eigenvalue weighted by Crippen LogP contribution is 2.15. The highest BCUT2D eigenvalue weighted by molar-refractivity contribution is 14.0. The molecule has 1 aromatic rings. The third-order valence-electron chi connectivity index (χ3n) is 4.72. The smallest absolute Gasteiger partial charge is 0.221 e. The molecule has 27 heavy (non-hydrogen) atoms. The molecule has 0 spiro atoms. The predicted octanol–water partition coefficient (Wildman–Crippen LogP) is 2.04. The normalized spacial score (nSPS) is 17.9. The van der Waals surface area contributed by atoms with Crippen LogP contribution >= 0.6 is 24.0 Å². The SMILES string of the molecule is CN=C(NCCCN1CCCC(C(N)=O)C1)N(C)Cc1cccc(F)c1.I. The summed E-state index contributed by atoms with van der Waals surface area (Å²) in [6, 6.07) is 6.60. The van der Waals surface area contributed by atoms with Crippen LogP contribution in [0.1, 0.15) is 24.8 Å². The second-order valence-electron chi connectivity index (χ2n) is 6.86. The zero-order valence-corrected chi connectivity index (χ0v) is 18.5. The van der Waals surface area contributed by atoms with Crippen molar-refractivity contribution in [2.45, 2.75) is 25.8 Å². The molecule has 1 fully saturated rings. The number of guanidine groups is 1. The summed E-state index contributed by atoms with van der Waals surface area (Å²) in [7, 11) is 3.68. The van der Waals surface area contributed by atoms with E-state index >= 15 is 0 Å². The van der Waals surface area contributed by atoms with Gasteiger partial charge in [-0.15, -0.1) is 24.0 Å². The molecule has 2 rings (SSSR count). The summed E-state index contributed by atoms with van der Waals surface area (Å²) >= 11 is 0. The van der Waals surface area contributed by atoms with Crippen molar-refractivity contribution in [2.24, 2.45) is 16.6 Å². The van der Waals surface area contributed by atoms with Crippen LogP contribution in [0.4, 0.5) is 4.39 Å². The summed E-state index contributed by atoms with van der Waals surface area (Å²) in [5, 5.41) is 3.34. The van der Waals surface area contributed by atoms with Crippen LogP contribution in [0.25, 0.3) is 0 Å². The van der Waals surface area contributed by atoms with Crippen LogP contribution in [0.3, 0.4) is 0 Å². The van der Waals surface area contributed by atoms with Crippen molar-refractivity contribution in [3.8, 4) is 0 Å². The summed E-state index contributed by atoms with van der Waals surface area (Å²) in [5.74, 6) is 0.353. The van der Waals surface area contributed by atoms with Crippen molar-refractivity contribution in [3.63, 3.8) is 0 Å². The summed E-state index contributed by atoms with van der Waals surface area (Å²) in [5.41, 5.74) is 6.33. The molecule has 1 unspecified atom stereocenters. The van der Waals surface area contributed by atoms with Crippen LogP contribution in [0, 0.1) is 11.7 Å². The fraction of sp³-hybridized carbons (Fsp3) is 0.579. The van der Waals surface area contributed by atoms with Gasteiger partial charge in [0.05, 0.1) is 5.92 Å². The second-order valence-corrected chi connectivity index (χ2v) is 6.86. The van der Waals surface area contributed by atoms with E-state index in [2.05, 4.69) is 15.2 Å². The first kappa shape index (κ1) is 23.6. The quantitative estimate of drug-likeness (QED) is 0.265. The van der Waals surface area contributed by atoms with Crippen molar-refractivity contribution in [1.82, 2.24) is 15.1 Å². The number of halogens is 2. The van der Waals surface area contributed by atoms with Gasteiger partial charge in [0.2, 0.25) is 5.91 Å². The minimum Gasteiger partial charge on any atom is -0.369 e. The van der Waals surface area contributed by atoms with E-state index in [4.69, 9.17) is 5.73 Å². The number of rotatable bonds is 7. The maximum atomic E-state index is 13.3. The Hall–Kier alpha value is -1.42. The first-order valence-corrected chi connectivity index (χ1v) is 9.17. The van der Waals surface area contributed by atoms with E-state index in [1.54, 1.807) is 13.1 Å². The molecular weight excluding hydrogens is 460 g/mol. The largest absolute Gasteiger partial charge is 0.369 e. The van der Waals surface area contributed by atoms with Gasteiger partial charge in [0.1, 0.15) is 5.82 Å². The summed E-state index contributed by atoms with van der Waals surface area (Å²) < 4.78 is 13.3. The number of amides is 1. The van der Waals surface area contributed by atoms with E-state index in [9.17, 15) is 9.18 Å². The van der Waals surface area contributed by atoms with E-state index in [1.165, 1.54) is 12.1 Å². The van der Waals surface area contributed by atoms with Gasteiger partial charge in [-0.3, -0.25) is 9.79 Å². The summed E-state index contributed by atoms with van der Waals surface area (Å²) in [6.45, 7) is 4.10. The number of piperidine rings is 1. The van der Waals surface area contributed by atoms with Gasteiger partial charge < -0.3 is 20.9 Å². The molecule has 0 saturated carbocycles. The summed E-state index contributed by atoms with van der Waals surface area (Å²) in [6.07, 6.45) is 2.89. The van der Waals surface area contributed by atoms with Gasteiger partial charge in [0.25, 0.3) is 0 Å². The van der Waals surface area contributed by atoms with Crippen molar-refractivity contribution < 1.29 is 9.18 Å². The number of primary amides is 1. The minimum absolute atomic E-state index is 0. The molecule has 6 nitrogen and oxygen atoms in total. The second kappa shape index (κ2) is 12.1. The number of nitrogens with one attached hydrogen (secondary N) is 1. The Morgan fingerprint density at radius 3 is 2.93 bits per heavy atom. The fourth-order valence-electron chi connectivity index (χ4n) is 3.36. The van der Waals surface area contributed by atoms with Gasteiger partial charge in [-0.25, -0.2) is 4.39 Å². The lowest BCUT2D eigenvalue weighted by Crippen LogP contribution is -2.43. The highest BCUT2D eigenvalue weighted by Gasteiger charge is 2.23. The Morgan fingerprint density at radius 2 is 2.26 bits per heavy atom. The molecular formula is C19H31FIN5O. The average molecular weight is 491 g/mol. The van der Waals surface area contributed by atoms with Crippen molar-refractivity contribution in [1.29, 1.82) is 0 Å². The van der Waals surface area contributed by atoms with Crippen LogP contribution in [0.5, 0.6) is 0 Å². The summed E-state index contributed by atoms with van der Waals surface area (Å²) in [4.78, 5) is 19.9. The molecule has 0 bridgehead atoms. The van der Waals surface area contributed by atoms with Crippen LogP contribution in [-0.4, -0.2) is 61.9 Å². The molecule has 0 aliphatic carbocycles. The Labute approximate surface area is 178 Å². The monoisotopic (exact) mass is 491 g/mol. The Morgan fingerprint density at radius 1 is 1.48 bits per heavy atom. The van der Waals surface area contributed by atoms with Crippen LogP contribution in [-0.2, 0) is 11.3 Å².